The lowest BCUT2D eigenvalue weighted by atomic mass is 9.98. The van der Waals surface area contributed by atoms with Gasteiger partial charge < -0.3 is 9.84 Å². The number of benzene rings is 1. The minimum Gasteiger partial charge on any atom is -0.507 e. The first-order valence-corrected chi connectivity index (χ1v) is 5.49. The number of esters is 1. The molecule has 16 heavy (non-hydrogen) atoms. The molecule has 0 atom stereocenters. The Hall–Kier alpha value is -1.22. The third kappa shape index (κ3) is 2.14. The van der Waals surface area contributed by atoms with Crippen LogP contribution < -0.4 is 4.74 Å². The summed E-state index contributed by atoms with van der Waals surface area (Å²) in [6.45, 7) is 6.67. The first kappa shape index (κ1) is 12.8. The van der Waals surface area contributed by atoms with Crippen molar-refractivity contribution in [2.24, 2.45) is 0 Å². The monoisotopic (exact) mass is 242 g/mol. The summed E-state index contributed by atoms with van der Waals surface area (Å²) in [5.41, 5.74) is 2.78. The maximum atomic E-state index is 11.0. The van der Waals surface area contributed by atoms with Crippen LogP contribution in [0.5, 0.6) is 11.5 Å². The van der Waals surface area contributed by atoms with Crippen LogP contribution in [0.4, 0.5) is 0 Å². The summed E-state index contributed by atoms with van der Waals surface area (Å²) in [6, 6.07) is 0. The molecule has 0 saturated heterocycles. The first-order valence-electron chi connectivity index (χ1n) is 4.96. The van der Waals surface area contributed by atoms with Gasteiger partial charge in [-0.3, -0.25) is 4.79 Å². The molecule has 0 saturated carbocycles. The molecule has 3 nitrogen and oxygen atoms in total. The molecule has 0 bridgehead atoms. The lowest BCUT2D eigenvalue weighted by Gasteiger charge is -2.17. The van der Waals surface area contributed by atoms with Crippen molar-refractivity contribution >= 4 is 17.6 Å². The van der Waals surface area contributed by atoms with E-state index in [9.17, 15) is 9.90 Å². The number of halogens is 1. The van der Waals surface area contributed by atoms with Crippen LogP contribution in [0.2, 0.25) is 0 Å². The highest BCUT2D eigenvalue weighted by Crippen LogP contribution is 2.37. The molecule has 1 N–H and O–H groups in total. The largest absolute Gasteiger partial charge is 0.507 e. The van der Waals surface area contributed by atoms with E-state index in [-0.39, 0.29) is 17.6 Å². The highest BCUT2D eigenvalue weighted by molar-refractivity contribution is 6.17. The van der Waals surface area contributed by atoms with Gasteiger partial charge in [-0.05, 0) is 37.5 Å². The summed E-state index contributed by atoms with van der Waals surface area (Å²) in [5, 5.41) is 9.86. The third-order valence-electron chi connectivity index (χ3n) is 2.72. The van der Waals surface area contributed by atoms with Crippen molar-refractivity contribution in [2.75, 3.05) is 0 Å². The average molecular weight is 243 g/mol. The Kier molecular flexibility index (Phi) is 3.81. The number of hydrogen-bond acceptors (Lipinski definition) is 3. The van der Waals surface area contributed by atoms with Crippen molar-refractivity contribution in [3.8, 4) is 11.5 Å². The van der Waals surface area contributed by atoms with Gasteiger partial charge in [-0.1, -0.05) is 0 Å². The van der Waals surface area contributed by atoms with E-state index < -0.39 is 0 Å². The van der Waals surface area contributed by atoms with Gasteiger partial charge in [0.1, 0.15) is 11.5 Å². The molecule has 0 aliphatic carbocycles. The molecule has 0 spiro atoms. The zero-order valence-corrected chi connectivity index (χ0v) is 10.6. The van der Waals surface area contributed by atoms with Gasteiger partial charge in [-0.15, -0.1) is 11.6 Å². The minimum absolute atomic E-state index is 0.198. The van der Waals surface area contributed by atoms with Crippen LogP contribution in [-0.2, 0) is 10.7 Å². The van der Waals surface area contributed by atoms with Gasteiger partial charge in [0.05, 0.1) is 5.88 Å². The predicted molar refractivity (Wildman–Crippen MR) is 63.2 cm³/mol. The van der Waals surface area contributed by atoms with Crippen molar-refractivity contribution < 1.29 is 14.6 Å². The Bertz CT molecular complexity index is 439. The van der Waals surface area contributed by atoms with Crippen LogP contribution in [0.15, 0.2) is 0 Å². The van der Waals surface area contributed by atoms with E-state index in [0.717, 1.165) is 5.56 Å². The zero-order valence-electron chi connectivity index (χ0n) is 9.85. The topological polar surface area (TPSA) is 46.5 Å². The molecule has 0 heterocycles. The Morgan fingerprint density at radius 2 is 1.81 bits per heavy atom. The number of aromatic hydroxyl groups is 1. The highest BCUT2D eigenvalue weighted by atomic mass is 35.5. The summed E-state index contributed by atoms with van der Waals surface area (Å²) in [7, 11) is 0. The number of phenolic OH excluding ortho intramolecular Hbond substituents is 1. The summed E-state index contributed by atoms with van der Waals surface area (Å²) in [4.78, 5) is 11.0. The molecule has 0 aliphatic heterocycles. The second-order valence-electron chi connectivity index (χ2n) is 3.76. The van der Waals surface area contributed by atoms with Gasteiger partial charge >= 0.3 is 5.97 Å². The Balaban J connectivity index is 3.50. The van der Waals surface area contributed by atoms with E-state index in [1.165, 1.54) is 6.92 Å². The molecule has 0 amide bonds. The van der Waals surface area contributed by atoms with Crippen molar-refractivity contribution in [3.05, 3.63) is 22.3 Å². The molecule has 88 valence electrons. The third-order valence-corrected chi connectivity index (χ3v) is 2.99. The van der Waals surface area contributed by atoms with Gasteiger partial charge in [0.25, 0.3) is 0 Å². The Labute approximate surface area is 100.0 Å². The normalized spacial score (nSPS) is 10.3. The van der Waals surface area contributed by atoms with Crippen LogP contribution in [0.3, 0.4) is 0 Å². The van der Waals surface area contributed by atoms with Gasteiger partial charge in [-0.2, -0.15) is 0 Å². The number of rotatable bonds is 2. The van der Waals surface area contributed by atoms with Crippen molar-refractivity contribution in [1.82, 2.24) is 0 Å². The molecule has 0 aliphatic rings. The van der Waals surface area contributed by atoms with Gasteiger partial charge in [0.2, 0.25) is 0 Å². The van der Waals surface area contributed by atoms with Crippen molar-refractivity contribution in [2.45, 2.75) is 33.6 Å². The summed E-state index contributed by atoms with van der Waals surface area (Å²) >= 11 is 5.81. The van der Waals surface area contributed by atoms with E-state index >= 15 is 0 Å². The number of alkyl halides is 1. The van der Waals surface area contributed by atoms with Crippen LogP contribution in [0.1, 0.15) is 29.2 Å². The maximum absolute atomic E-state index is 11.0. The van der Waals surface area contributed by atoms with Gasteiger partial charge in [-0.25, -0.2) is 0 Å². The fourth-order valence-corrected chi connectivity index (χ4v) is 1.93. The quantitative estimate of drug-likeness (QED) is 0.493. The van der Waals surface area contributed by atoms with Crippen LogP contribution in [-0.4, -0.2) is 11.1 Å². The van der Waals surface area contributed by atoms with E-state index in [0.29, 0.717) is 22.4 Å². The number of ether oxygens (including phenoxy) is 1. The standard InChI is InChI=1S/C12H15ClO3/c1-6-7(2)12(16-9(4)14)10(5-13)8(3)11(6)15/h15H,5H2,1-4H3. The molecule has 0 fully saturated rings. The Morgan fingerprint density at radius 3 is 2.25 bits per heavy atom. The van der Waals surface area contributed by atoms with Gasteiger partial charge in [0, 0.05) is 12.5 Å². The Morgan fingerprint density at radius 1 is 1.25 bits per heavy atom. The fourth-order valence-electron chi connectivity index (χ4n) is 1.61. The van der Waals surface area contributed by atoms with Crippen LogP contribution in [0, 0.1) is 20.8 Å². The highest BCUT2D eigenvalue weighted by Gasteiger charge is 2.18. The minimum atomic E-state index is -0.390. The van der Waals surface area contributed by atoms with Crippen molar-refractivity contribution in [3.63, 3.8) is 0 Å². The number of phenols is 1. The first-order chi connectivity index (χ1) is 7.40. The smallest absolute Gasteiger partial charge is 0.308 e. The molecule has 1 aromatic carbocycles. The van der Waals surface area contributed by atoms with E-state index in [4.69, 9.17) is 16.3 Å². The van der Waals surface area contributed by atoms with E-state index in [1.807, 2.05) is 0 Å². The van der Waals surface area contributed by atoms with Gasteiger partial charge in [0.15, 0.2) is 0 Å². The molecule has 1 rings (SSSR count). The molecule has 0 radical (unpaired) electrons. The molecule has 0 aromatic heterocycles. The van der Waals surface area contributed by atoms with E-state index in [1.54, 1.807) is 20.8 Å². The lowest BCUT2D eigenvalue weighted by molar-refractivity contribution is -0.131. The SMILES string of the molecule is CC(=O)Oc1c(C)c(C)c(O)c(C)c1CCl. The summed E-state index contributed by atoms with van der Waals surface area (Å²) in [6.07, 6.45) is 0. The van der Waals surface area contributed by atoms with E-state index in [2.05, 4.69) is 0 Å². The molecule has 0 unspecified atom stereocenters. The second kappa shape index (κ2) is 4.74. The summed E-state index contributed by atoms with van der Waals surface area (Å²) < 4.78 is 5.15. The zero-order chi connectivity index (χ0) is 12.5. The molecular formula is C12H15ClO3. The van der Waals surface area contributed by atoms with Crippen LogP contribution in [0.25, 0.3) is 0 Å². The van der Waals surface area contributed by atoms with Crippen molar-refractivity contribution in [1.29, 1.82) is 0 Å². The number of carbonyl (C=O) groups is 1. The summed E-state index contributed by atoms with van der Waals surface area (Å²) in [5.74, 6) is 0.488. The molecule has 1 aromatic rings. The predicted octanol–water partition coefficient (Wildman–Crippen LogP) is 2.98. The maximum Gasteiger partial charge on any atom is 0.308 e. The van der Waals surface area contributed by atoms with Crippen LogP contribution >= 0.6 is 11.6 Å². The number of carbonyl (C=O) groups excluding carboxylic acids is 1. The molecule has 4 heteroatoms. The number of hydrogen-bond donors (Lipinski definition) is 1. The fraction of sp³-hybridized carbons (Fsp3) is 0.417. The second-order valence-corrected chi connectivity index (χ2v) is 4.03. The lowest BCUT2D eigenvalue weighted by Crippen LogP contribution is -2.07. The molecular weight excluding hydrogens is 228 g/mol. The average Bonchev–Trinajstić information content (AvgIpc) is 2.23.